The number of thiophene rings is 1. The van der Waals surface area contributed by atoms with Crippen LogP contribution in [0.15, 0.2) is 64.6 Å². The average Bonchev–Trinajstić information content (AvgIpc) is 3.45. The molecule has 5 rings (SSSR count). The molecule has 0 aliphatic heterocycles. The maximum atomic E-state index is 13.7. The summed E-state index contributed by atoms with van der Waals surface area (Å²) in [6, 6.07) is 13.6. The van der Waals surface area contributed by atoms with Gasteiger partial charge in [0.25, 0.3) is 5.56 Å². The predicted molar refractivity (Wildman–Crippen MR) is 150 cm³/mol. The van der Waals surface area contributed by atoms with Gasteiger partial charge in [-0.1, -0.05) is 39.0 Å². The Balaban J connectivity index is 1.68. The summed E-state index contributed by atoms with van der Waals surface area (Å²) in [5, 5.41) is 0.551. The topological polar surface area (TPSA) is 71.0 Å². The van der Waals surface area contributed by atoms with Crippen molar-refractivity contribution in [2.75, 3.05) is 7.11 Å². The Hall–Kier alpha value is -3.91. The van der Waals surface area contributed by atoms with Crippen LogP contribution in [0.1, 0.15) is 37.6 Å². The lowest BCUT2D eigenvalue weighted by molar-refractivity contribution is 0.413. The van der Waals surface area contributed by atoms with Crippen molar-refractivity contribution in [3.8, 4) is 27.6 Å². The zero-order valence-electron chi connectivity index (χ0n) is 22.1. The van der Waals surface area contributed by atoms with E-state index in [1.54, 1.807) is 25.1 Å². The van der Waals surface area contributed by atoms with Crippen molar-refractivity contribution in [3.05, 3.63) is 92.6 Å². The zero-order chi connectivity index (χ0) is 26.6. The molecule has 0 saturated heterocycles. The van der Waals surface area contributed by atoms with Crippen molar-refractivity contribution < 1.29 is 4.74 Å². The number of imidazole rings is 1. The van der Waals surface area contributed by atoms with E-state index in [2.05, 4.69) is 25.8 Å². The summed E-state index contributed by atoms with van der Waals surface area (Å²) < 4.78 is 10.4. The average molecular weight is 515 g/mol. The monoisotopic (exact) mass is 514 g/mol. The molecule has 0 fully saturated rings. The molecule has 2 aromatic carbocycles. The van der Waals surface area contributed by atoms with Crippen molar-refractivity contribution in [2.45, 2.75) is 40.0 Å². The van der Waals surface area contributed by atoms with E-state index in [0.29, 0.717) is 21.7 Å². The van der Waals surface area contributed by atoms with Gasteiger partial charge in [0.15, 0.2) is 0 Å². The van der Waals surface area contributed by atoms with Crippen LogP contribution in [-0.4, -0.2) is 25.8 Å². The largest absolute Gasteiger partial charge is 0.495 e. The van der Waals surface area contributed by atoms with Crippen molar-refractivity contribution in [1.82, 2.24) is 18.7 Å². The standard InChI is InChI=1S/C29H30N4O3S/c1-17-15-32(16-30-17)22-13-8-19(14-23(22)36-7)25-18(2)24-26(34)33(28(35)31(6)27(24)37-25)21-11-9-20(10-12-21)29(3,4)5/h8-16H,1-7H3. The van der Waals surface area contributed by atoms with Gasteiger partial charge < -0.3 is 9.30 Å². The third kappa shape index (κ3) is 4.11. The van der Waals surface area contributed by atoms with Gasteiger partial charge in [-0.05, 0) is 60.2 Å². The quantitative estimate of drug-likeness (QED) is 0.316. The van der Waals surface area contributed by atoms with Gasteiger partial charge in [-0.2, -0.15) is 0 Å². The molecule has 3 aromatic heterocycles. The number of nitrogens with zero attached hydrogens (tertiary/aromatic N) is 4. The van der Waals surface area contributed by atoms with E-state index in [4.69, 9.17) is 4.74 Å². The minimum Gasteiger partial charge on any atom is -0.495 e. The highest BCUT2D eigenvalue weighted by atomic mass is 32.1. The molecule has 3 heterocycles. The first kappa shape index (κ1) is 24.8. The Kier molecular flexibility index (Phi) is 5.95. The van der Waals surface area contributed by atoms with Gasteiger partial charge in [-0.25, -0.2) is 14.3 Å². The molecule has 5 aromatic rings. The number of hydrogen-bond donors (Lipinski definition) is 0. The third-order valence-electron chi connectivity index (χ3n) is 6.75. The van der Waals surface area contributed by atoms with Crippen LogP contribution in [-0.2, 0) is 12.5 Å². The van der Waals surface area contributed by atoms with Crippen molar-refractivity contribution in [1.29, 1.82) is 0 Å². The highest BCUT2D eigenvalue weighted by molar-refractivity contribution is 7.22. The second-order valence-corrected chi connectivity index (χ2v) is 11.3. The molecule has 0 amide bonds. The van der Waals surface area contributed by atoms with Crippen LogP contribution in [0.2, 0.25) is 0 Å². The number of hydrogen-bond acceptors (Lipinski definition) is 5. The highest BCUT2D eigenvalue weighted by Crippen LogP contribution is 2.39. The molecule has 0 radical (unpaired) electrons. The first-order chi connectivity index (χ1) is 17.5. The number of rotatable bonds is 4. The number of aryl methyl sites for hydroxylation is 3. The summed E-state index contributed by atoms with van der Waals surface area (Å²) in [5.41, 5.74) is 4.56. The van der Waals surface area contributed by atoms with Gasteiger partial charge in [0, 0.05) is 18.1 Å². The minimum atomic E-state index is -0.364. The molecule has 8 heteroatoms. The Labute approximate surface area is 219 Å². The summed E-state index contributed by atoms with van der Waals surface area (Å²) in [6.45, 7) is 10.3. The number of benzene rings is 2. The minimum absolute atomic E-state index is 0.0233. The SMILES string of the molecule is COc1cc(-c2sc3c(c2C)c(=O)n(-c2ccc(C(C)(C)C)cc2)c(=O)n3C)ccc1-n1cnc(C)c1. The van der Waals surface area contributed by atoms with Crippen molar-refractivity contribution in [3.63, 3.8) is 0 Å². The summed E-state index contributed by atoms with van der Waals surface area (Å²) in [4.78, 5) is 33.0. The van der Waals surface area contributed by atoms with Crippen LogP contribution in [0.5, 0.6) is 5.75 Å². The second-order valence-electron chi connectivity index (χ2n) is 10.3. The third-order valence-corrected chi connectivity index (χ3v) is 8.17. The lowest BCUT2D eigenvalue weighted by atomic mass is 9.87. The van der Waals surface area contributed by atoms with E-state index in [-0.39, 0.29) is 16.7 Å². The fourth-order valence-electron chi connectivity index (χ4n) is 4.62. The number of ether oxygens (including phenoxy) is 1. The van der Waals surface area contributed by atoms with Gasteiger partial charge >= 0.3 is 5.69 Å². The fourth-order valence-corrected chi connectivity index (χ4v) is 5.87. The molecule has 0 bridgehead atoms. The maximum Gasteiger partial charge on any atom is 0.336 e. The molecule has 0 spiro atoms. The Morgan fingerprint density at radius 1 is 1.00 bits per heavy atom. The van der Waals surface area contributed by atoms with Crippen LogP contribution < -0.4 is 16.0 Å². The highest BCUT2D eigenvalue weighted by Gasteiger charge is 2.21. The zero-order valence-corrected chi connectivity index (χ0v) is 22.9. The Bertz CT molecular complexity index is 1760. The maximum absolute atomic E-state index is 13.7. The molecular weight excluding hydrogens is 484 g/mol. The Morgan fingerprint density at radius 2 is 1.70 bits per heavy atom. The number of aromatic nitrogens is 4. The molecule has 190 valence electrons. The first-order valence-electron chi connectivity index (χ1n) is 12.1. The smallest absolute Gasteiger partial charge is 0.336 e. The van der Waals surface area contributed by atoms with Crippen molar-refractivity contribution in [2.24, 2.45) is 7.05 Å². The van der Waals surface area contributed by atoms with E-state index in [9.17, 15) is 9.59 Å². The van der Waals surface area contributed by atoms with Crippen molar-refractivity contribution >= 4 is 21.6 Å². The molecule has 0 aliphatic carbocycles. The molecule has 0 unspecified atom stereocenters. The van der Waals surface area contributed by atoms with E-state index < -0.39 is 0 Å². The molecular formula is C29H30N4O3S. The molecule has 0 saturated carbocycles. The van der Waals surface area contributed by atoms with Gasteiger partial charge in [-0.15, -0.1) is 11.3 Å². The van der Waals surface area contributed by atoms with Gasteiger partial charge in [0.05, 0.1) is 35.9 Å². The Morgan fingerprint density at radius 3 is 2.30 bits per heavy atom. The van der Waals surface area contributed by atoms with Crippen LogP contribution in [0.4, 0.5) is 0 Å². The summed E-state index contributed by atoms with van der Waals surface area (Å²) in [7, 11) is 3.35. The predicted octanol–water partition coefficient (Wildman–Crippen LogP) is 5.53. The normalized spacial score (nSPS) is 11.9. The van der Waals surface area contributed by atoms with E-state index in [1.807, 2.05) is 67.1 Å². The van der Waals surface area contributed by atoms with Crippen LogP contribution in [0.3, 0.4) is 0 Å². The van der Waals surface area contributed by atoms with Crippen LogP contribution >= 0.6 is 11.3 Å². The van der Waals surface area contributed by atoms with Gasteiger partial charge in [0.1, 0.15) is 10.6 Å². The molecule has 7 nitrogen and oxygen atoms in total. The lowest BCUT2D eigenvalue weighted by Crippen LogP contribution is -2.37. The number of methoxy groups -OCH3 is 1. The van der Waals surface area contributed by atoms with Crippen LogP contribution in [0, 0.1) is 13.8 Å². The molecule has 0 aliphatic rings. The summed E-state index contributed by atoms with van der Waals surface area (Å²) in [5.74, 6) is 0.692. The van der Waals surface area contributed by atoms with Gasteiger partial charge in [0.2, 0.25) is 0 Å². The van der Waals surface area contributed by atoms with E-state index in [1.165, 1.54) is 15.9 Å². The fraction of sp³-hybridized carbons (Fsp3) is 0.276. The number of fused-ring (bicyclic) bond motifs is 1. The molecule has 37 heavy (non-hydrogen) atoms. The lowest BCUT2D eigenvalue weighted by Gasteiger charge is -2.19. The summed E-state index contributed by atoms with van der Waals surface area (Å²) in [6.07, 6.45) is 3.69. The first-order valence-corrected chi connectivity index (χ1v) is 12.9. The summed E-state index contributed by atoms with van der Waals surface area (Å²) >= 11 is 1.44. The molecule has 0 atom stereocenters. The molecule has 0 N–H and O–H groups in total. The van der Waals surface area contributed by atoms with E-state index in [0.717, 1.165) is 32.9 Å². The van der Waals surface area contributed by atoms with Gasteiger partial charge in [-0.3, -0.25) is 9.36 Å². The van der Waals surface area contributed by atoms with E-state index >= 15 is 0 Å². The second kappa shape index (κ2) is 8.88. The van der Waals surface area contributed by atoms with Crippen LogP contribution in [0.25, 0.3) is 32.0 Å².